The molecule has 0 bridgehead atoms. The van der Waals surface area contributed by atoms with Gasteiger partial charge in [-0.25, -0.2) is 14.6 Å². The lowest BCUT2D eigenvalue weighted by Gasteiger charge is -2.43. The van der Waals surface area contributed by atoms with Crippen molar-refractivity contribution < 1.29 is 50.9 Å². The van der Waals surface area contributed by atoms with Gasteiger partial charge in [-0.15, -0.1) is 0 Å². The molecule has 0 radical (unpaired) electrons. The van der Waals surface area contributed by atoms with Crippen LogP contribution in [0.4, 0.5) is 32.2 Å². The lowest BCUT2D eigenvalue weighted by molar-refractivity contribution is -0.193. The number of halogens is 6. The number of aryl methyl sites for hydroxylation is 1. The quantitative estimate of drug-likeness (QED) is 0.531. The monoisotopic (exact) mass is 570 g/mol. The van der Waals surface area contributed by atoms with Crippen molar-refractivity contribution in [2.24, 2.45) is 12.5 Å². The van der Waals surface area contributed by atoms with Gasteiger partial charge in [0.25, 0.3) is 0 Å². The number of piperidine rings is 1. The average Bonchev–Trinajstić information content (AvgIpc) is 3.14. The van der Waals surface area contributed by atoms with Crippen molar-refractivity contribution in [3.05, 3.63) is 36.5 Å². The Kier molecular flexibility index (Phi) is 11.0. The average molecular weight is 570 g/mol. The third-order valence-electron chi connectivity index (χ3n) is 5.70. The topological polar surface area (TPSA) is 134 Å². The molecular formula is C22H28F6N6O5. The van der Waals surface area contributed by atoms with Gasteiger partial charge in [0, 0.05) is 62.8 Å². The molecule has 0 amide bonds. The van der Waals surface area contributed by atoms with Crippen LogP contribution in [0.2, 0.25) is 0 Å². The van der Waals surface area contributed by atoms with Crippen LogP contribution in [0.15, 0.2) is 31.0 Å². The highest BCUT2D eigenvalue weighted by atomic mass is 19.4. The number of carboxylic acid groups (broad SMARTS) is 2. The Labute approximate surface area is 219 Å². The van der Waals surface area contributed by atoms with E-state index < -0.39 is 24.3 Å². The van der Waals surface area contributed by atoms with Crippen LogP contribution >= 0.6 is 0 Å². The van der Waals surface area contributed by atoms with E-state index in [1.165, 1.54) is 18.4 Å². The molecule has 4 rings (SSSR count). The Morgan fingerprint density at radius 2 is 1.67 bits per heavy atom. The van der Waals surface area contributed by atoms with Crippen molar-refractivity contribution in [2.75, 3.05) is 44.3 Å². The molecule has 2 aliphatic rings. The Balaban J connectivity index is 0.000000317. The van der Waals surface area contributed by atoms with Crippen LogP contribution in [-0.4, -0.2) is 98.5 Å². The molecule has 0 saturated carbocycles. The van der Waals surface area contributed by atoms with Gasteiger partial charge in [-0.3, -0.25) is 14.6 Å². The second-order valence-electron chi connectivity index (χ2n) is 8.98. The van der Waals surface area contributed by atoms with E-state index in [9.17, 15) is 26.3 Å². The molecule has 2 aliphatic heterocycles. The largest absolute Gasteiger partial charge is 0.490 e. The molecule has 2 saturated heterocycles. The fraction of sp³-hybridized carbons (Fsp3) is 0.591. The van der Waals surface area contributed by atoms with Crippen molar-refractivity contribution in [3.63, 3.8) is 0 Å². The van der Waals surface area contributed by atoms with Crippen molar-refractivity contribution in [1.29, 1.82) is 0 Å². The summed E-state index contributed by atoms with van der Waals surface area (Å²) in [5.74, 6) is -4.56. The van der Waals surface area contributed by atoms with E-state index in [1.54, 1.807) is 12.4 Å². The predicted octanol–water partition coefficient (Wildman–Crippen LogP) is 2.60. The molecule has 17 heteroatoms. The van der Waals surface area contributed by atoms with Crippen LogP contribution in [0, 0.1) is 5.41 Å². The molecule has 2 fully saturated rings. The summed E-state index contributed by atoms with van der Waals surface area (Å²) in [6.07, 6.45) is 1.67. The molecule has 2 aromatic rings. The SMILES string of the molecule is Cn1cc(CN2CCCC3(COCCN(c4cnccn4)C3)C2)cn1.O=C(O)C(F)(F)F.O=C(O)C(F)(F)F. The maximum Gasteiger partial charge on any atom is 0.490 e. The van der Waals surface area contributed by atoms with Gasteiger partial charge in [0.05, 0.1) is 25.6 Å². The zero-order valence-corrected chi connectivity index (χ0v) is 20.8. The first kappa shape index (κ1) is 31.7. The molecule has 1 spiro atoms. The van der Waals surface area contributed by atoms with Gasteiger partial charge in [-0.05, 0) is 19.4 Å². The van der Waals surface area contributed by atoms with Gasteiger partial charge in [0.2, 0.25) is 0 Å². The maximum absolute atomic E-state index is 10.6. The zero-order chi connectivity index (χ0) is 29.3. The molecule has 2 aromatic heterocycles. The summed E-state index contributed by atoms with van der Waals surface area (Å²) < 4.78 is 71.4. The Bertz CT molecular complexity index is 1040. The van der Waals surface area contributed by atoms with E-state index in [0.717, 1.165) is 51.8 Å². The first-order chi connectivity index (χ1) is 18.1. The number of hydrogen-bond acceptors (Lipinski definition) is 8. The van der Waals surface area contributed by atoms with E-state index in [1.807, 2.05) is 24.1 Å². The molecular weight excluding hydrogens is 542 g/mol. The first-order valence-electron chi connectivity index (χ1n) is 11.5. The highest BCUT2D eigenvalue weighted by Gasteiger charge is 2.40. The Morgan fingerprint density at radius 1 is 1.03 bits per heavy atom. The number of aromatic nitrogens is 4. The van der Waals surface area contributed by atoms with Gasteiger partial charge >= 0.3 is 24.3 Å². The number of rotatable bonds is 3. The summed E-state index contributed by atoms with van der Waals surface area (Å²) in [5, 5.41) is 18.5. The third-order valence-corrected chi connectivity index (χ3v) is 5.70. The molecule has 1 unspecified atom stereocenters. The molecule has 218 valence electrons. The van der Waals surface area contributed by atoms with Gasteiger partial charge in [-0.1, -0.05) is 0 Å². The van der Waals surface area contributed by atoms with Gasteiger partial charge < -0.3 is 19.8 Å². The summed E-state index contributed by atoms with van der Waals surface area (Å²) in [4.78, 5) is 31.4. The molecule has 0 aromatic carbocycles. The third kappa shape index (κ3) is 10.7. The fourth-order valence-corrected chi connectivity index (χ4v) is 4.15. The van der Waals surface area contributed by atoms with Gasteiger partial charge in [0.15, 0.2) is 0 Å². The summed E-state index contributed by atoms with van der Waals surface area (Å²) in [5.41, 5.74) is 1.44. The number of carboxylic acids is 2. The van der Waals surface area contributed by atoms with Crippen LogP contribution in [0.3, 0.4) is 0 Å². The van der Waals surface area contributed by atoms with Crippen LogP contribution in [0.5, 0.6) is 0 Å². The van der Waals surface area contributed by atoms with E-state index in [4.69, 9.17) is 24.5 Å². The summed E-state index contributed by atoms with van der Waals surface area (Å²) >= 11 is 0. The number of nitrogens with zero attached hydrogens (tertiary/aromatic N) is 6. The molecule has 0 aliphatic carbocycles. The minimum Gasteiger partial charge on any atom is -0.475 e. The molecule has 39 heavy (non-hydrogen) atoms. The standard InChI is InChI=1S/C18H26N6O.2C2HF3O2/c1-22-11-16(9-21-22)12-23-6-2-3-18(13-23)14-24(7-8-25-15-18)17-10-19-4-5-20-17;2*3-2(4,5)1(6)7/h4-5,9-11H,2-3,6-8,12-15H2,1H3;2*(H,6,7). The highest BCUT2D eigenvalue weighted by molar-refractivity contribution is 5.73. The molecule has 1 atom stereocenters. The van der Waals surface area contributed by atoms with Crippen LogP contribution in [0.25, 0.3) is 0 Å². The van der Waals surface area contributed by atoms with E-state index in [2.05, 4.69) is 31.1 Å². The number of aliphatic carboxylic acids is 2. The lowest BCUT2D eigenvalue weighted by atomic mass is 9.80. The molecule has 4 heterocycles. The Hall–Kier alpha value is -3.47. The van der Waals surface area contributed by atoms with E-state index in [0.29, 0.717) is 0 Å². The fourth-order valence-electron chi connectivity index (χ4n) is 4.15. The smallest absolute Gasteiger partial charge is 0.475 e. The number of ether oxygens (including phenoxy) is 1. The molecule has 11 nitrogen and oxygen atoms in total. The normalized spacial score (nSPS) is 20.2. The maximum atomic E-state index is 10.6. The van der Waals surface area contributed by atoms with Crippen LogP contribution in [0.1, 0.15) is 18.4 Å². The summed E-state index contributed by atoms with van der Waals surface area (Å²) in [6.45, 7) is 6.59. The second kappa shape index (κ2) is 13.5. The van der Waals surface area contributed by atoms with E-state index >= 15 is 0 Å². The minimum atomic E-state index is -5.08. The van der Waals surface area contributed by atoms with Crippen LogP contribution < -0.4 is 4.90 Å². The number of likely N-dealkylation sites (tertiary alicyclic amines) is 1. The second-order valence-corrected chi connectivity index (χ2v) is 8.98. The first-order valence-corrected chi connectivity index (χ1v) is 11.5. The minimum absolute atomic E-state index is 0.161. The van der Waals surface area contributed by atoms with Gasteiger partial charge in [-0.2, -0.15) is 31.4 Å². The van der Waals surface area contributed by atoms with Crippen LogP contribution in [-0.2, 0) is 27.9 Å². The highest BCUT2D eigenvalue weighted by Crippen LogP contribution is 2.34. The number of anilines is 1. The predicted molar refractivity (Wildman–Crippen MR) is 123 cm³/mol. The number of carbonyl (C=O) groups is 2. The van der Waals surface area contributed by atoms with E-state index in [-0.39, 0.29) is 5.41 Å². The van der Waals surface area contributed by atoms with Gasteiger partial charge in [0.1, 0.15) is 5.82 Å². The zero-order valence-electron chi connectivity index (χ0n) is 20.8. The molecule has 2 N–H and O–H groups in total. The lowest BCUT2D eigenvalue weighted by Crippen LogP contribution is -2.50. The summed E-state index contributed by atoms with van der Waals surface area (Å²) in [6, 6.07) is 0. The number of alkyl halides is 6. The summed E-state index contributed by atoms with van der Waals surface area (Å²) in [7, 11) is 1.97. The van der Waals surface area contributed by atoms with Crippen molar-refractivity contribution >= 4 is 17.8 Å². The number of hydrogen-bond donors (Lipinski definition) is 2. The van der Waals surface area contributed by atoms with Crippen molar-refractivity contribution in [2.45, 2.75) is 31.7 Å². The van der Waals surface area contributed by atoms with Crippen molar-refractivity contribution in [3.8, 4) is 0 Å². The Morgan fingerprint density at radius 3 is 2.18 bits per heavy atom. The van der Waals surface area contributed by atoms with Crippen molar-refractivity contribution in [1.82, 2.24) is 24.6 Å².